The molecule has 0 saturated heterocycles. The van der Waals surface area contributed by atoms with Gasteiger partial charge in [0.05, 0.1) is 25.2 Å². The van der Waals surface area contributed by atoms with Crippen molar-refractivity contribution in [1.82, 2.24) is 5.32 Å². The number of hydrogen-bond donors (Lipinski definition) is 3. The highest BCUT2D eigenvalue weighted by atomic mass is 16.5. The van der Waals surface area contributed by atoms with E-state index < -0.39 is 18.2 Å². The van der Waals surface area contributed by atoms with Crippen LogP contribution in [-0.2, 0) is 14.3 Å². The summed E-state index contributed by atoms with van der Waals surface area (Å²) in [4.78, 5) is 26.2. The van der Waals surface area contributed by atoms with Crippen molar-refractivity contribution in [2.75, 3.05) is 6.61 Å². The fraction of sp³-hybridized carbons (Fsp3) is 0.833. The zero-order chi connectivity index (χ0) is 48.1. The molecule has 0 aromatic rings. The first-order chi connectivity index (χ1) is 32.5. The topological polar surface area (TPSA) is 95.9 Å². The minimum atomic E-state index is -0.793. The SMILES string of the molecule is CC/C=C/C/C=C/CCCCCCCC(CC(=O)NC(CO)C(O)CCCCCCCCCCCCCCCCCC)OC(=O)CCCCCCCCCCC/C=C\C/C=C\CCCCC. The molecule has 0 rings (SSSR count). The predicted molar refractivity (Wildman–Crippen MR) is 287 cm³/mol. The summed E-state index contributed by atoms with van der Waals surface area (Å²) in [7, 11) is 0. The normalized spacial score (nSPS) is 13.5. The lowest BCUT2D eigenvalue weighted by Gasteiger charge is -2.24. The van der Waals surface area contributed by atoms with Gasteiger partial charge in [-0.25, -0.2) is 0 Å². The molecular formula is C60H111NO5. The molecule has 3 atom stereocenters. The number of aliphatic hydroxyl groups is 2. The molecule has 0 heterocycles. The molecule has 0 fully saturated rings. The van der Waals surface area contributed by atoms with Gasteiger partial charge in [0, 0.05) is 6.42 Å². The summed E-state index contributed by atoms with van der Waals surface area (Å²) in [6.07, 6.45) is 66.1. The van der Waals surface area contributed by atoms with Crippen LogP contribution >= 0.6 is 0 Å². The second-order valence-electron chi connectivity index (χ2n) is 19.7. The Hall–Kier alpha value is -2.18. The number of carbonyl (C=O) groups is 2. The van der Waals surface area contributed by atoms with Crippen LogP contribution in [0.25, 0.3) is 0 Å². The molecule has 0 spiro atoms. The minimum absolute atomic E-state index is 0.0676. The molecule has 0 radical (unpaired) electrons. The van der Waals surface area contributed by atoms with Crippen molar-refractivity contribution in [2.45, 2.75) is 315 Å². The van der Waals surface area contributed by atoms with Crippen molar-refractivity contribution in [1.29, 1.82) is 0 Å². The van der Waals surface area contributed by atoms with Crippen LogP contribution in [-0.4, -0.2) is 46.9 Å². The first kappa shape index (κ1) is 63.8. The first-order valence-corrected chi connectivity index (χ1v) is 28.9. The number of aliphatic hydroxyl groups excluding tert-OH is 2. The molecule has 0 saturated carbocycles. The average molecular weight is 927 g/mol. The third-order valence-electron chi connectivity index (χ3n) is 13.1. The van der Waals surface area contributed by atoms with Crippen LogP contribution in [0.4, 0.5) is 0 Å². The Balaban J connectivity index is 4.48. The van der Waals surface area contributed by atoms with Gasteiger partial charge >= 0.3 is 5.97 Å². The molecule has 1 amide bonds. The highest BCUT2D eigenvalue weighted by molar-refractivity contribution is 5.77. The number of amides is 1. The molecule has 3 unspecified atom stereocenters. The van der Waals surface area contributed by atoms with E-state index in [1.165, 1.54) is 167 Å². The molecule has 386 valence electrons. The van der Waals surface area contributed by atoms with Crippen molar-refractivity contribution >= 4 is 11.9 Å². The van der Waals surface area contributed by atoms with Crippen LogP contribution in [0.15, 0.2) is 48.6 Å². The average Bonchev–Trinajstić information content (AvgIpc) is 3.31. The molecule has 0 aliphatic rings. The minimum Gasteiger partial charge on any atom is -0.462 e. The van der Waals surface area contributed by atoms with Gasteiger partial charge in [-0.05, 0) is 83.5 Å². The molecule has 6 nitrogen and oxygen atoms in total. The maximum Gasteiger partial charge on any atom is 0.306 e. The van der Waals surface area contributed by atoms with E-state index in [4.69, 9.17) is 4.74 Å². The fourth-order valence-corrected chi connectivity index (χ4v) is 8.79. The molecule has 6 heteroatoms. The lowest BCUT2D eigenvalue weighted by atomic mass is 10.0. The van der Waals surface area contributed by atoms with Crippen molar-refractivity contribution in [2.24, 2.45) is 0 Å². The van der Waals surface area contributed by atoms with Gasteiger partial charge in [0.25, 0.3) is 0 Å². The van der Waals surface area contributed by atoms with Gasteiger partial charge in [-0.2, -0.15) is 0 Å². The quantitative estimate of drug-likeness (QED) is 0.0321. The molecule has 0 aliphatic heterocycles. The van der Waals surface area contributed by atoms with Gasteiger partial charge in [0.15, 0.2) is 0 Å². The predicted octanol–water partition coefficient (Wildman–Crippen LogP) is 17.8. The number of carbonyl (C=O) groups excluding carboxylic acids is 2. The molecular weight excluding hydrogens is 815 g/mol. The maximum atomic E-state index is 13.3. The number of ether oxygens (including phenoxy) is 1. The van der Waals surface area contributed by atoms with Gasteiger partial charge in [-0.1, -0.05) is 249 Å². The Labute approximate surface area is 410 Å². The Bertz CT molecular complexity index is 1130. The van der Waals surface area contributed by atoms with E-state index in [-0.39, 0.29) is 24.9 Å². The van der Waals surface area contributed by atoms with Crippen LogP contribution in [0, 0.1) is 0 Å². The van der Waals surface area contributed by atoms with Crippen molar-refractivity contribution in [3.8, 4) is 0 Å². The maximum absolute atomic E-state index is 13.3. The number of unbranched alkanes of at least 4 members (excludes halogenated alkanes) is 32. The highest BCUT2D eigenvalue weighted by Crippen LogP contribution is 2.18. The summed E-state index contributed by atoms with van der Waals surface area (Å²) in [5.41, 5.74) is 0. The number of nitrogens with one attached hydrogen (secondary N) is 1. The van der Waals surface area contributed by atoms with Crippen molar-refractivity contribution in [3.63, 3.8) is 0 Å². The van der Waals surface area contributed by atoms with E-state index in [0.717, 1.165) is 83.5 Å². The van der Waals surface area contributed by atoms with Crippen LogP contribution in [0.1, 0.15) is 297 Å². The smallest absolute Gasteiger partial charge is 0.306 e. The Morgan fingerprint density at radius 2 is 0.818 bits per heavy atom. The summed E-state index contributed by atoms with van der Waals surface area (Å²) in [5, 5.41) is 23.9. The Morgan fingerprint density at radius 1 is 0.455 bits per heavy atom. The monoisotopic (exact) mass is 926 g/mol. The van der Waals surface area contributed by atoms with Crippen LogP contribution in [0.2, 0.25) is 0 Å². The van der Waals surface area contributed by atoms with Gasteiger partial charge < -0.3 is 20.3 Å². The Morgan fingerprint density at radius 3 is 1.26 bits per heavy atom. The first-order valence-electron chi connectivity index (χ1n) is 28.9. The van der Waals surface area contributed by atoms with E-state index in [2.05, 4.69) is 74.7 Å². The van der Waals surface area contributed by atoms with E-state index >= 15 is 0 Å². The van der Waals surface area contributed by atoms with E-state index in [1.54, 1.807) is 0 Å². The molecule has 3 N–H and O–H groups in total. The summed E-state index contributed by atoms with van der Waals surface area (Å²) in [5.74, 6) is -0.483. The van der Waals surface area contributed by atoms with E-state index in [9.17, 15) is 19.8 Å². The lowest BCUT2D eigenvalue weighted by molar-refractivity contribution is -0.151. The van der Waals surface area contributed by atoms with E-state index in [1.807, 2.05) is 0 Å². The number of rotatable bonds is 52. The largest absolute Gasteiger partial charge is 0.462 e. The second-order valence-corrected chi connectivity index (χ2v) is 19.7. The summed E-state index contributed by atoms with van der Waals surface area (Å²) < 4.78 is 5.95. The summed E-state index contributed by atoms with van der Waals surface area (Å²) in [6.45, 7) is 6.38. The van der Waals surface area contributed by atoms with E-state index in [0.29, 0.717) is 19.3 Å². The lowest BCUT2D eigenvalue weighted by Crippen LogP contribution is -2.46. The van der Waals surface area contributed by atoms with Gasteiger partial charge in [0.1, 0.15) is 6.10 Å². The molecule has 0 aromatic heterocycles. The standard InChI is InChI=1S/C60H111NO5/c1-4-7-10-13-16-19-22-25-27-29-30-31-33-35-38-41-44-47-50-53-60(65)66-56(51-48-45-42-39-36-24-21-18-15-12-9-6-3)54-59(64)61-57(55-62)58(63)52-49-46-43-40-37-34-32-28-26-23-20-17-14-11-8-5-2/h9,12,16,18-19,21,25,27,56-58,62-63H,4-8,10-11,13-15,17,20,22-24,26,28-55H2,1-3H3,(H,61,64)/b12-9+,19-16-,21-18+,27-25-. The van der Waals surface area contributed by atoms with Gasteiger partial charge in [0.2, 0.25) is 5.91 Å². The summed E-state index contributed by atoms with van der Waals surface area (Å²) >= 11 is 0. The zero-order valence-corrected chi connectivity index (χ0v) is 44.1. The van der Waals surface area contributed by atoms with Crippen LogP contribution in [0.3, 0.4) is 0 Å². The summed E-state index contributed by atoms with van der Waals surface area (Å²) in [6, 6.07) is -0.707. The molecule has 0 aliphatic carbocycles. The third-order valence-corrected chi connectivity index (χ3v) is 13.1. The van der Waals surface area contributed by atoms with Crippen LogP contribution < -0.4 is 5.32 Å². The zero-order valence-electron chi connectivity index (χ0n) is 44.1. The molecule has 0 bridgehead atoms. The van der Waals surface area contributed by atoms with Crippen LogP contribution in [0.5, 0.6) is 0 Å². The van der Waals surface area contributed by atoms with Gasteiger partial charge in [-0.3, -0.25) is 9.59 Å². The molecule has 66 heavy (non-hydrogen) atoms. The second kappa shape index (κ2) is 53.8. The number of hydrogen-bond acceptors (Lipinski definition) is 5. The number of allylic oxidation sites excluding steroid dienone is 8. The highest BCUT2D eigenvalue weighted by Gasteiger charge is 2.24. The number of esters is 1. The Kier molecular flexibility index (Phi) is 52.0. The van der Waals surface area contributed by atoms with Crippen molar-refractivity contribution in [3.05, 3.63) is 48.6 Å². The van der Waals surface area contributed by atoms with Gasteiger partial charge in [-0.15, -0.1) is 0 Å². The van der Waals surface area contributed by atoms with Crippen molar-refractivity contribution < 1.29 is 24.5 Å². The fourth-order valence-electron chi connectivity index (χ4n) is 8.79. The molecule has 0 aromatic carbocycles. The third kappa shape index (κ3) is 48.3.